The fraction of sp³-hybridized carbons (Fsp3) is 0.375. The van der Waals surface area contributed by atoms with Crippen molar-refractivity contribution in [3.63, 3.8) is 0 Å². The van der Waals surface area contributed by atoms with Gasteiger partial charge < -0.3 is 18.6 Å². The van der Waals surface area contributed by atoms with Crippen LogP contribution in [0.1, 0.15) is 96.5 Å². The maximum atomic E-state index is 6.69. The predicted octanol–water partition coefficient (Wildman–Crippen LogP) is 10.6. The normalized spacial score (nSPS) is 27.9. The van der Waals surface area contributed by atoms with Crippen LogP contribution in [0.5, 0.6) is 0 Å². The Kier molecular flexibility index (Phi) is 7.40. The first-order valence-corrected chi connectivity index (χ1v) is 20.2. The molecule has 0 bridgehead atoms. The second-order valence-electron chi connectivity index (χ2n) is 16.1. The molecule has 4 nitrogen and oxygen atoms in total. The van der Waals surface area contributed by atoms with E-state index < -0.39 is 0 Å². The zero-order valence-corrected chi connectivity index (χ0v) is 30.1. The van der Waals surface area contributed by atoms with Crippen molar-refractivity contribution in [2.24, 2.45) is 11.8 Å². The Hall–Kier alpha value is -4.70. The summed E-state index contributed by atoms with van der Waals surface area (Å²) in [5, 5.41) is 0. The van der Waals surface area contributed by atoms with Gasteiger partial charge in [-0.2, -0.15) is 0 Å². The lowest BCUT2D eigenvalue weighted by Gasteiger charge is -2.46. The minimum Gasteiger partial charge on any atom is -0.486 e. The maximum absolute atomic E-state index is 6.69. The van der Waals surface area contributed by atoms with Crippen molar-refractivity contribution in [1.82, 2.24) is 9.47 Å². The van der Waals surface area contributed by atoms with Crippen LogP contribution in [0.4, 0.5) is 0 Å². The summed E-state index contributed by atoms with van der Waals surface area (Å²) >= 11 is 0. The van der Waals surface area contributed by atoms with Crippen molar-refractivity contribution in [3.05, 3.63) is 153 Å². The summed E-state index contributed by atoms with van der Waals surface area (Å²) in [5.74, 6) is 4.33. The number of benzene rings is 1. The van der Waals surface area contributed by atoms with Crippen LogP contribution in [-0.2, 0) is 36.8 Å². The third-order valence-corrected chi connectivity index (χ3v) is 13.3. The molecule has 0 amide bonds. The van der Waals surface area contributed by atoms with E-state index in [-0.39, 0.29) is 6.10 Å². The lowest BCUT2D eigenvalue weighted by atomic mass is 9.78. The van der Waals surface area contributed by atoms with Gasteiger partial charge in [-0.1, -0.05) is 72.9 Å². The molecule has 11 rings (SSSR count). The Morgan fingerprint density at radius 2 is 1.67 bits per heavy atom. The number of rotatable bonds is 5. The van der Waals surface area contributed by atoms with Gasteiger partial charge in [0.05, 0.1) is 6.04 Å². The molecule has 7 aliphatic carbocycles. The molecule has 3 heterocycles. The van der Waals surface area contributed by atoms with E-state index in [9.17, 15) is 0 Å². The van der Waals surface area contributed by atoms with Crippen molar-refractivity contribution >= 4 is 18.2 Å². The van der Waals surface area contributed by atoms with E-state index in [4.69, 9.17) is 9.15 Å². The summed E-state index contributed by atoms with van der Waals surface area (Å²) in [6.07, 6.45) is 43.0. The Labute approximate surface area is 307 Å². The monoisotopic (exact) mass is 684 g/mol. The molecule has 262 valence electrons. The Morgan fingerprint density at radius 3 is 2.60 bits per heavy atom. The van der Waals surface area contributed by atoms with E-state index >= 15 is 0 Å². The molecular weight excluding hydrogens is 637 g/mol. The van der Waals surface area contributed by atoms with Crippen LogP contribution in [0.25, 0.3) is 23.9 Å². The standard InChI is InChI=1S/C48H48N2O2/c1-3-12-31(13-4-1)32-22-25-36-40-29-34(24-27-41(40)50(43(36)28-32)33-14-5-2-6-15-33)49(35-23-26-38-37-16-7-9-19-44(37)52-47(38)30-35)42-18-11-21-46-48(42)39-17-8-10-20-45(39)51-46/h2-3,5-7,10-16,20-22,25,30,32,34,39,42,45H,1,4,8-9,17-19,23-24,26-29H2. The summed E-state index contributed by atoms with van der Waals surface area (Å²) in [4.78, 5) is 2.91. The van der Waals surface area contributed by atoms with Gasteiger partial charge in [0.25, 0.3) is 0 Å². The van der Waals surface area contributed by atoms with Gasteiger partial charge in [0, 0.05) is 69.8 Å². The van der Waals surface area contributed by atoms with Crippen molar-refractivity contribution < 1.29 is 9.15 Å². The lowest BCUT2D eigenvalue weighted by molar-refractivity contribution is 0.148. The zero-order chi connectivity index (χ0) is 34.2. The van der Waals surface area contributed by atoms with Gasteiger partial charge in [-0.05, 0) is 118 Å². The van der Waals surface area contributed by atoms with E-state index in [1.807, 2.05) is 0 Å². The van der Waals surface area contributed by atoms with E-state index in [0.717, 1.165) is 88.6 Å². The molecule has 2 aromatic heterocycles. The molecule has 52 heavy (non-hydrogen) atoms. The summed E-state index contributed by atoms with van der Waals surface area (Å²) in [5.41, 5.74) is 14.7. The Balaban J connectivity index is 1.02. The number of para-hydroxylation sites is 1. The smallest absolute Gasteiger partial charge is 0.132 e. The van der Waals surface area contributed by atoms with Gasteiger partial charge in [0.1, 0.15) is 23.4 Å². The highest BCUT2D eigenvalue weighted by Crippen LogP contribution is 2.48. The van der Waals surface area contributed by atoms with E-state index in [0.29, 0.717) is 23.9 Å². The van der Waals surface area contributed by atoms with Gasteiger partial charge in [0.15, 0.2) is 0 Å². The zero-order valence-electron chi connectivity index (χ0n) is 30.1. The van der Waals surface area contributed by atoms with E-state index in [1.54, 1.807) is 11.1 Å². The summed E-state index contributed by atoms with van der Waals surface area (Å²) in [6.45, 7) is 0. The molecule has 5 atom stereocenters. The molecule has 4 heteroatoms. The second kappa shape index (κ2) is 12.5. The molecule has 5 unspecified atom stereocenters. The number of ether oxygens (including phenoxy) is 1. The van der Waals surface area contributed by atoms with Crippen molar-refractivity contribution in [2.75, 3.05) is 0 Å². The Bertz CT molecular complexity index is 2190. The van der Waals surface area contributed by atoms with Crippen LogP contribution >= 0.6 is 0 Å². The highest BCUT2D eigenvalue weighted by molar-refractivity contribution is 5.68. The highest BCUT2D eigenvalue weighted by atomic mass is 16.5. The van der Waals surface area contributed by atoms with Gasteiger partial charge in [-0.25, -0.2) is 0 Å². The number of fused-ring (bicyclic) bond motifs is 8. The number of nitrogens with zero attached hydrogens (tertiary/aromatic N) is 2. The number of hydrogen-bond acceptors (Lipinski definition) is 3. The summed E-state index contributed by atoms with van der Waals surface area (Å²) < 4.78 is 16.0. The first kappa shape index (κ1) is 30.9. The Morgan fingerprint density at radius 1 is 0.731 bits per heavy atom. The average Bonchev–Trinajstić information content (AvgIpc) is 3.88. The van der Waals surface area contributed by atoms with Crippen molar-refractivity contribution in [2.45, 2.75) is 102 Å². The molecule has 0 fully saturated rings. The topological polar surface area (TPSA) is 30.5 Å². The molecule has 3 aromatic rings. The van der Waals surface area contributed by atoms with Gasteiger partial charge in [-0.3, -0.25) is 0 Å². The quantitative estimate of drug-likeness (QED) is 0.251. The van der Waals surface area contributed by atoms with Crippen LogP contribution in [0.3, 0.4) is 0 Å². The average molecular weight is 685 g/mol. The third kappa shape index (κ3) is 4.93. The molecule has 1 aromatic carbocycles. The minimum absolute atomic E-state index is 0.179. The number of aromatic nitrogens is 1. The van der Waals surface area contributed by atoms with Gasteiger partial charge >= 0.3 is 0 Å². The third-order valence-electron chi connectivity index (χ3n) is 13.3. The largest absolute Gasteiger partial charge is 0.486 e. The molecule has 0 saturated heterocycles. The molecule has 8 aliphatic rings. The molecule has 0 saturated carbocycles. The summed E-state index contributed by atoms with van der Waals surface area (Å²) in [6, 6.07) is 11.9. The molecule has 0 radical (unpaired) electrons. The van der Waals surface area contributed by atoms with Gasteiger partial charge in [0.2, 0.25) is 0 Å². The van der Waals surface area contributed by atoms with Crippen LogP contribution in [0, 0.1) is 11.8 Å². The molecule has 0 spiro atoms. The number of hydrogen-bond donors (Lipinski definition) is 0. The number of allylic oxidation sites excluding steroid dienone is 9. The minimum atomic E-state index is 0.179. The first-order chi connectivity index (χ1) is 25.8. The first-order valence-electron chi connectivity index (χ1n) is 20.2. The van der Waals surface area contributed by atoms with Crippen molar-refractivity contribution in [3.8, 4) is 5.69 Å². The van der Waals surface area contributed by atoms with E-state index in [2.05, 4.69) is 113 Å². The van der Waals surface area contributed by atoms with Gasteiger partial charge in [-0.15, -0.1) is 0 Å². The molecule has 0 N–H and O–H groups in total. The number of furan rings is 1. The highest BCUT2D eigenvalue weighted by Gasteiger charge is 2.45. The second-order valence-corrected chi connectivity index (χ2v) is 16.1. The molecule has 1 aliphatic heterocycles. The number of aryl methyl sites for hydroxylation is 1. The lowest BCUT2D eigenvalue weighted by Crippen LogP contribution is -2.48. The van der Waals surface area contributed by atoms with Crippen LogP contribution in [0.2, 0.25) is 0 Å². The predicted molar refractivity (Wildman–Crippen MR) is 210 cm³/mol. The maximum Gasteiger partial charge on any atom is 0.132 e. The molecular formula is C48H48N2O2. The fourth-order valence-electron chi connectivity index (χ4n) is 11.0. The van der Waals surface area contributed by atoms with Crippen LogP contribution < -0.4 is 0 Å². The summed E-state index contributed by atoms with van der Waals surface area (Å²) in [7, 11) is 0. The van der Waals surface area contributed by atoms with Crippen molar-refractivity contribution in [1.29, 1.82) is 0 Å². The van der Waals surface area contributed by atoms with E-state index in [1.165, 1.54) is 57.2 Å². The SMILES string of the molecule is C1=CC(C2C=Cc3c4c(n(-c5ccccc5)c3C2)CCC(N(C2=Cc3oc5c(c3CC2)C=CCC5)C2CC=CC3=C2C2CCC=CC2O3)C4)=CCC1. The fourth-order valence-corrected chi connectivity index (χ4v) is 11.0. The van der Waals surface area contributed by atoms with Crippen LogP contribution in [0.15, 0.2) is 112 Å². The van der Waals surface area contributed by atoms with Crippen LogP contribution in [-0.4, -0.2) is 27.7 Å².